The Bertz CT molecular complexity index is 395. The van der Waals surface area contributed by atoms with Crippen molar-refractivity contribution >= 4 is 23.2 Å². The van der Waals surface area contributed by atoms with Crippen LogP contribution in [0.15, 0.2) is 18.2 Å². The Morgan fingerprint density at radius 2 is 2.18 bits per heavy atom. The van der Waals surface area contributed by atoms with Crippen molar-refractivity contribution in [3.8, 4) is 0 Å². The van der Waals surface area contributed by atoms with Gasteiger partial charge in [-0.2, -0.15) is 0 Å². The SMILES string of the molecule is CC1OCCC1C(O)Cc1ccc(Cl)c(Cl)c1. The van der Waals surface area contributed by atoms with Crippen molar-refractivity contribution in [2.45, 2.75) is 32.0 Å². The first-order chi connectivity index (χ1) is 8.08. The molecule has 3 atom stereocenters. The van der Waals surface area contributed by atoms with Crippen LogP contribution in [0.2, 0.25) is 10.0 Å². The van der Waals surface area contributed by atoms with Crippen LogP contribution in [-0.2, 0) is 11.2 Å². The van der Waals surface area contributed by atoms with E-state index >= 15 is 0 Å². The molecule has 0 radical (unpaired) electrons. The van der Waals surface area contributed by atoms with Crippen LogP contribution in [0.25, 0.3) is 0 Å². The first-order valence-electron chi connectivity index (χ1n) is 5.81. The molecule has 1 heterocycles. The summed E-state index contributed by atoms with van der Waals surface area (Å²) in [5.74, 6) is 0.212. The zero-order valence-electron chi connectivity index (χ0n) is 9.70. The van der Waals surface area contributed by atoms with Crippen LogP contribution in [-0.4, -0.2) is 23.9 Å². The summed E-state index contributed by atoms with van der Waals surface area (Å²) in [6, 6.07) is 5.48. The molecule has 1 fully saturated rings. The summed E-state index contributed by atoms with van der Waals surface area (Å²) in [7, 11) is 0. The van der Waals surface area contributed by atoms with Crippen LogP contribution in [0.4, 0.5) is 0 Å². The third-order valence-corrected chi connectivity index (χ3v) is 4.10. The van der Waals surface area contributed by atoms with Crippen LogP contribution in [0, 0.1) is 5.92 Å². The predicted molar refractivity (Wildman–Crippen MR) is 69.7 cm³/mol. The standard InChI is InChI=1S/C13H16Cl2O2/c1-8-10(4-5-17-8)13(16)7-9-2-3-11(14)12(15)6-9/h2-3,6,8,10,13,16H,4-5,7H2,1H3. The summed E-state index contributed by atoms with van der Waals surface area (Å²) in [6.07, 6.45) is 1.26. The molecule has 1 saturated heterocycles. The Labute approximate surface area is 111 Å². The van der Waals surface area contributed by atoms with E-state index in [4.69, 9.17) is 27.9 Å². The van der Waals surface area contributed by atoms with Gasteiger partial charge in [0.15, 0.2) is 0 Å². The van der Waals surface area contributed by atoms with Crippen molar-refractivity contribution in [1.29, 1.82) is 0 Å². The number of ether oxygens (including phenoxy) is 1. The highest BCUT2D eigenvalue weighted by Crippen LogP contribution is 2.28. The van der Waals surface area contributed by atoms with Gasteiger partial charge in [-0.3, -0.25) is 0 Å². The van der Waals surface area contributed by atoms with Gasteiger partial charge in [-0.1, -0.05) is 29.3 Å². The van der Waals surface area contributed by atoms with E-state index in [0.717, 1.165) is 18.6 Å². The van der Waals surface area contributed by atoms with Gasteiger partial charge < -0.3 is 9.84 Å². The quantitative estimate of drug-likeness (QED) is 0.917. The molecule has 1 aliphatic rings. The normalized spacial score (nSPS) is 26.1. The van der Waals surface area contributed by atoms with Crippen molar-refractivity contribution in [2.24, 2.45) is 5.92 Å². The second-order valence-corrected chi connectivity index (χ2v) is 5.36. The topological polar surface area (TPSA) is 29.5 Å². The molecule has 1 aliphatic heterocycles. The van der Waals surface area contributed by atoms with E-state index in [1.807, 2.05) is 19.1 Å². The average Bonchev–Trinajstić information content (AvgIpc) is 2.70. The Balaban J connectivity index is 2.02. The number of hydrogen-bond donors (Lipinski definition) is 1. The molecule has 0 saturated carbocycles. The minimum Gasteiger partial charge on any atom is -0.392 e. The number of aliphatic hydroxyl groups excluding tert-OH is 1. The van der Waals surface area contributed by atoms with E-state index in [2.05, 4.69) is 0 Å². The summed E-state index contributed by atoms with van der Waals surface area (Å²) in [5, 5.41) is 11.3. The number of aliphatic hydroxyl groups is 1. The van der Waals surface area contributed by atoms with Gasteiger partial charge in [0.05, 0.1) is 22.3 Å². The van der Waals surface area contributed by atoms with E-state index in [1.165, 1.54) is 0 Å². The molecule has 1 aromatic rings. The van der Waals surface area contributed by atoms with Crippen molar-refractivity contribution in [2.75, 3.05) is 6.61 Å². The van der Waals surface area contributed by atoms with Crippen LogP contribution in [0.5, 0.6) is 0 Å². The lowest BCUT2D eigenvalue weighted by Gasteiger charge is -2.21. The maximum atomic E-state index is 10.2. The highest BCUT2D eigenvalue weighted by molar-refractivity contribution is 6.42. The monoisotopic (exact) mass is 274 g/mol. The summed E-state index contributed by atoms with van der Waals surface area (Å²) in [5.41, 5.74) is 1.01. The lowest BCUT2D eigenvalue weighted by molar-refractivity contribution is 0.0441. The van der Waals surface area contributed by atoms with E-state index in [9.17, 15) is 5.11 Å². The molecule has 2 nitrogen and oxygen atoms in total. The van der Waals surface area contributed by atoms with Crippen LogP contribution < -0.4 is 0 Å². The molecule has 94 valence electrons. The Morgan fingerprint density at radius 1 is 1.41 bits per heavy atom. The van der Waals surface area contributed by atoms with Gasteiger partial charge in [0.2, 0.25) is 0 Å². The largest absolute Gasteiger partial charge is 0.392 e. The maximum absolute atomic E-state index is 10.2. The fourth-order valence-corrected chi connectivity index (χ4v) is 2.63. The Hall–Kier alpha value is -0.280. The predicted octanol–water partition coefficient (Wildman–Crippen LogP) is 3.32. The second kappa shape index (κ2) is 5.57. The minimum absolute atomic E-state index is 0.132. The van der Waals surface area contributed by atoms with Crippen LogP contribution in [0.1, 0.15) is 18.9 Å². The minimum atomic E-state index is -0.384. The van der Waals surface area contributed by atoms with E-state index in [-0.39, 0.29) is 18.1 Å². The molecule has 2 rings (SSSR count). The third kappa shape index (κ3) is 3.14. The fraction of sp³-hybridized carbons (Fsp3) is 0.538. The molecule has 0 amide bonds. The van der Waals surface area contributed by atoms with Crippen molar-refractivity contribution in [1.82, 2.24) is 0 Å². The Morgan fingerprint density at radius 3 is 2.76 bits per heavy atom. The smallest absolute Gasteiger partial charge is 0.0634 e. The van der Waals surface area contributed by atoms with Gasteiger partial charge in [0, 0.05) is 12.5 Å². The lowest BCUT2D eigenvalue weighted by Crippen LogP contribution is -2.28. The Kier molecular flexibility index (Phi) is 4.31. The molecule has 0 spiro atoms. The highest BCUT2D eigenvalue weighted by Gasteiger charge is 2.30. The van der Waals surface area contributed by atoms with Crippen molar-refractivity contribution in [3.63, 3.8) is 0 Å². The van der Waals surface area contributed by atoms with Crippen LogP contribution in [0.3, 0.4) is 0 Å². The third-order valence-electron chi connectivity index (χ3n) is 3.36. The van der Waals surface area contributed by atoms with Gasteiger partial charge in [-0.15, -0.1) is 0 Å². The van der Waals surface area contributed by atoms with Gasteiger partial charge >= 0.3 is 0 Å². The number of halogens is 2. The van der Waals surface area contributed by atoms with E-state index in [0.29, 0.717) is 16.5 Å². The van der Waals surface area contributed by atoms with E-state index in [1.54, 1.807) is 6.07 Å². The molecule has 1 N–H and O–H groups in total. The first kappa shape index (κ1) is 13.2. The molecule has 0 bridgehead atoms. The van der Waals surface area contributed by atoms with Crippen molar-refractivity contribution in [3.05, 3.63) is 33.8 Å². The van der Waals surface area contributed by atoms with E-state index < -0.39 is 0 Å². The highest BCUT2D eigenvalue weighted by atomic mass is 35.5. The van der Waals surface area contributed by atoms with Crippen molar-refractivity contribution < 1.29 is 9.84 Å². The maximum Gasteiger partial charge on any atom is 0.0634 e. The molecule has 0 aliphatic carbocycles. The molecular weight excluding hydrogens is 259 g/mol. The van der Waals surface area contributed by atoms with Gasteiger partial charge in [-0.05, 0) is 37.5 Å². The van der Waals surface area contributed by atoms with Gasteiger partial charge in [-0.25, -0.2) is 0 Å². The fourth-order valence-electron chi connectivity index (χ4n) is 2.31. The number of benzene rings is 1. The lowest BCUT2D eigenvalue weighted by atomic mass is 9.91. The van der Waals surface area contributed by atoms with Crippen LogP contribution >= 0.6 is 23.2 Å². The summed E-state index contributed by atoms with van der Waals surface area (Å²) < 4.78 is 5.46. The van der Waals surface area contributed by atoms with Gasteiger partial charge in [0.25, 0.3) is 0 Å². The molecule has 1 aromatic carbocycles. The molecular formula is C13H16Cl2O2. The molecule has 3 unspecified atom stereocenters. The number of hydrogen-bond acceptors (Lipinski definition) is 2. The first-order valence-corrected chi connectivity index (χ1v) is 6.57. The summed E-state index contributed by atoms with van der Waals surface area (Å²) in [4.78, 5) is 0. The summed E-state index contributed by atoms with van der Waals surface area (Å²) in [6.45, 7) is 2.75. The van der Waals surface area contributed by atoms with Gasteiger partial charge in [0.1, 0.15) is 0 Å². The second-order valence-electron chi connectivity index (χ2n) is 4.55. The molecule has 0 aromatic heterocycles. The zero-order chi connectivity index (χ0) is 12.4. The molecule has 17 heavy (non-hydrogen) atoms. The zero-order valence-corrected chi connectivity index (χ0v) is 11.2. The average molecular weight is 275 g/mol. The summed E-state index contributed by atoms with van der Waals surface area (Å²) >= 11 is 11.8. The molecule has 4 heteroatoms. The number of rotatable bonds is 3.